The average molecular weight is 860 g/mol. The van der Waals surface area contributed by atoms with E-state index in [9.17, 15) is 48.9 Å². The summed E-state index contributed by atoms with van der Waals surface area (Å²) in [4.78, 5) is 88.5. The molecule has 330 valence electrons. The van der Waals surface area contributed by atoms with Gasteiger partial charge in [0.15, 0.2) is 24.3 Å². The first-order chi connectivity index (χ1) is 27.9. The molecule has 0 spiro atoms. The van der Waals surface area contributed by atoms with Crippen molar-refractivity contribution in [1.82, 2.24) is 5.32 Å². The van der Waals surface area contributed by atoms with Crippen LogP contribution in [0.4, 0.5) is 0 Å². The van der Waals surface area contributed by atoms with E-state index >= 15 is 0 Å². The standard InChI is InChI=1S/C39H54ClNO18/c1-22(42)41-31-37(53-18-14-9-7-6-8-13-17-30(47)52-5)58-27(20-54-23(2)43)32(48)39(31,51)35-34(59-36(49)26-15-11-10-12-16-26)38(50,29(46)19-40)33(56-25(4)45)28(57-35)21-55-24(3)44/h10-12,15-16,27-28,31-35,37,48,50-51H,6-9,13-14,17-21H2,1-5H3,(H,41,42)/t27-,28-,31-,32-,33+,34+,35-,37+,38+,39-/m1/s1. The highest BCUT2D eigenvalue weighted by Gasteiger charge is 2.72. The van der Waals surface area contributed by atoms with Gasteiger partial charge in [0.05, 0.1) is 18.6 Å². The summed E-state index contributed by atoms with van der Waals surface area (Å²) in [5.74, 6) is -7.37. The molecule has 2 heterocycles. The molecule has 19 nitrogen and oxygen atoms in total. The number of halogens is 1. The van der Waals surface area contributed by atoms with Crippen LogP contribution >= 0.6 is 11.6 Å². The zero-order valence-corrected chi connectivity index (χ0v) is 34.4. The predicted molar refractivity (Wildman–Crippen MR) is 201 cm³/mol. The summed E-state index contributed by atoms with van der Waals surface area (Å²) in [5.41, 5.74) is -6.36. The number of ether oxygens (including phenoxy) is 8. The van der Waals surface area contributed by atoms with Crippen LogP contribution in [0.5, 0.6) is 0 Å². The van der Waals surface area contributed by atoms with E-state index in [0.717, 1.165) is 47.0 Å². The van der Waals surface area contributed by atoms with Gasteiger partial charge in [-0.2, -0.15) is 0 Å². The third-order valence-corrected chi connectivity index (χ3v) is 10.1. The summed E-state index contributed by atoms with van der Waals surface area (Å²) in [7, 11) is 1.32. The molecular weight excluding hydrogens is 806 g/mol. The van der Waals surface area contributed by atoms with E-state index in [-0.39, 0.29) is 18.1 Å². The Balaban J connectivity index is 2.17. The molecule has 0 saturated carbocycles. The number of esters is 5. The molecule has 20 heteroatoms. The van der Waals surface area contributed by atoms with Crippen molar-refractivity contribution in [1.29, 1.82) is 0 Å². The minimum atomic E-state index is -3.21. The molecule has 1 amide bonds. The Bertz CT molecular complexity index is 1610. The Hall–Kier alpha value is -4.24. The molecule has 1 aromatic rings. The first-order valence-electron chi connectivity index (χ1n) is 19.1. The first-order valence-corrected chi connectivity index (χ1v) is 19.6. The number of carbonyl (C=O) groups is 7. The maximum absolute atomic E-state index is 13.9. The van der Waals surface area contributed by atoms with E-state index in [1.807, 2.05) is 0 Å². The van der Waals surface area contributed by atoms with Crippen molar-refractivity contribution in [3.05, 3.63) is 35.9 Å². The largest absolute Gasteiger partial charge is 0.469 e. The Morgan fingerprint density at radius 2 is 1.37 bits per heavy atom. The number of hydrogen-bond donors (Lipinski definition) is 4. The van der Waals surface area contributed by atoms with E-state index < -0.39 is 115 Å². The number of methoxy groups -OCH3 is 1. The van der Waals surface area contributed by atoms with Gasteiger partial charge in [-0.05, 0) is 25.0 Å². The normalized spacial score (nSPS) is 29.0. The highest BCUT2D eigenvalue weighted by molar-refractivity contribution is 6.29. The van der Waals surface area contributed by atoms with E-state index in [1.54, 1.807) is 6.07 Å². The first kappa shape index (κ1) is 49.1. The Morgan fingerprint density at radius 3 is 1.93 bits per heavy atom. The van der Waals surface area contributed by atoms with Crippen LogP contribution in [0.25, 0.3) is 0 Å². The summed E-state index contributed by atoms with van der Waals surface area (Å²) in [5, 5.41) is 40.2. The lowest BCUT2D eigenvalue weighted by molar-refractivity contribution is -0.356. The monoisotopic (exact) mass is 859 g/mol. The summed E-state index contributed by atoms with van der Waals surface area (Å²) in [6.45, 7) is 2.49. The number of alkyl halides is 1. The van der Waals surface area contributed by atoms with E-state index in [4.69, 9.17) is 44.8 Å². The Kier molecular flexibility index (Phi) is 19.1. The van der Waals surface area contributed by atoms with Crippen molar-refractivity contribution < 1.29 is 86.8 Å². The van der Waals surface area contributed by atoms with Gasteiger partial charge >= 0.3 is 29.8 Å². The maximum atomic E-state index is 13.9. The maximum Gasteiger partial charge on any atom is 0.338 e. The molecule has 0 aromatic heterocycles. The molecule has 2 saturated heterocycles. The SMILES string of the molecule is COC(=O)CCCCCCCCO[C@H]1O[C@H](COC(C)=O)[C@@H](O)[C@@](O)([C@@H]2O[C@H](COC(C)=O)[C@H](OC(C)=O)[C@@](O)(C(=O)CCl)[C@H]2OC(=O)c2ccccc2)[C@@H]1NC(C)=O. The van der Waals surface area contributed by atoms with E-state index in [1.165, 1.54) is 31.4 Å². The quantitative estimate of drug-likeness (QED) is 0.0577. The molecule has 0 aliphatic carbocycles. The third-order valence-electron chi connectivity index (χ3n) is 9.81. The number of carbonyl (C=O) groups excluding carboxylic acids is 7. The van der Waals surface area contributed by atoms with Crippen LogP contribution in [-0.2, 0) is 66.7 Å². The summed E-state index contributed by atoms with van der Waals surface area (Å²) in [6, 6.07) is 5.33. The molecular formula is C39H54ClNO18. The van der Waals surface area contributed by atoms with Crippen LogP contribution in [-0.4, -0.2) is 150 Å². The number of aliphatic hydroxyl groups is 3. The molecule has 2 fully saturated rings. The van der Waals surface area contributed by atoms with E-state index in [0.29, 0.717) is 25.7 Å². The minimum absolute atomic E-state index is 0.0500. The zero-order valence-electron chi connectivity index (χ0n) is 33.6. The Labute approximate surface area is 346 Å². The molecule has 10 atom stereocenters. The van der Waals surface area contributed by atoms with E-state index in [2.05, 4.69) is 10.1 Å². The number of benzene rings is 1. The van der Waals surface area contributed by atoms with Gasteiger partial charge in [0.25, 0.3) is 0 Å². The summed E-state index contributed by atoms with van der Waals surface area (Å²) >= 11 is 6.03. The fraction of sp³-hybridized carbons (Fsp3) is 0.667. The highest BCUT2D eigenvalue weighted by Crippen LogP contribution is 2.45. The average Bonchev–Trinajstić information content (AvgIpc) is 3.19. The number of ketones is 1. The van der Waals surface area contributed by atoms with Crippen LogP contribution in [0.2, 0.25) is 0 Å². The molecule has 1 aromatic carbocycles. The second-order valence-corrected chi connectivity index (χ2v) is 14.4. The third kappa shape index (κ3) is 12.9. The van der Waals surface area contributed by atoms with Crippen LogP contribution in [0.3, 0.4) is 0 Å². The van der Waals surface area contributed by atoms with Crippen molar-refractivity contribution in [2.45, 2.75) is 133 Å². The Morgan fingerprint density at radius 1 is 0.780 bits per heavy atom. The number of aliphatic hydroxyl groups excluding tert-OH is 1. The molecule has 2 aliphatic rings. The lowest BCUT2D eigenvalue weighted by atomic mass is 9.68. The van der Waals surface area contributed by atoms with Crippen molar-refractivity contribution in [2.75, 3.05) is 32.8 Å². The van der Waals surface area contributed by atoms with Gasteiger partial charge in [0, 0.05) is 40.7 Å². The number of unbranched alkanes of at least 4 members (excludes halogenated alkanes) is 5. The topological polar surface area (TPSA) is 266 Å². The van der Waals surface area contributed by atoms with Crippen LogP contribution < -0.4 is 5.32 Å². The predicted octanol–water partition coefficient (Wildman–Crippen LogP) is 0.818. The molecule has 0 unspecified atom stereocenters. The molecule has 2 aliphatic heterocycles. The lowest BCUT2D eigenvalue weighted by Crippen LogP contribution is -2.83. The molecule has 0 radical (unpaired) electrons. The molecule has 59 heavy (non-hydrogen) atoms. The summed E-state index contributed by atoms with van der Waals surface area (Å²) < 4.78 is 44.5. The van der Waals surface area contributed by atoms with Gasteiger partial charge in [-0.25, -0.2) is 4.79 Å². The van der Waals surface area contributed by atoms with Crippen LogP contribution in [0.15, 0.2) is 30.3 Å². The highest BCUT2D eigenvalue weighted by atomic mass is 35.5. The van der Waals surface area contributed by atoms with Crippen LogP contribution in [0, 0.1) is 0 Å². The smallest absolute Gasteiger partial charge is 0.338 e. The van der Waals surface area contributed by atoms with Crippen molar-refractivity contribution >= 4 is 53.1 Å². The molecule has 0 bridgehead atoms. The lowest BCUT2D eigenvalue weighted by Gasteiger charge is -2.58. The van der Waals surface area contributed by atoms with Crippen LogP contribution in [0.1, 0.15) is 83.0 Å². The molecule has 3 rings (SSSR count). The number of nitrogens with one attached hydrogen (secondary N) is 1. The van der Waals surface area contributed by atoms with Crippen molar-refractivity contribution in [3.8, 4) is 0 Å². The number of hydrogen-bond acceptors (Lipinski definition) is 18. The van der Waals surface area contributed by atoms with Gasteiger partial charge in [-0.3, -0.25) is 28.8 Å². The second kappa shape index (κ2) is 22.9. The van der Waals surface area contributed by atoms with Gasteiger partial charge in [-0.1, -0.05) is 43.9 Å². The number of amides is 1. The van der Waals surface area contributed by atoms with Crippen molar-refractivity contribution in [3.63, 3.8) is 0 Å². The van der Waals surface area contributed by atoms with Gasteiger partial charge < -0.3 is 58.5 Å². The summed E-state index contributed by atoms with van der Waals surface area (Å²) in [6.07, 6.45) is -9.97. The number of rotatable bonds is 21. The second-order valence-electron chi connectivity index (χ2n) is 14.2. The fourth-order valence-electron chi connectivity index (χ4n) is 6.98. The van der Waals surface area contributed by atoms with Gasteiger partial charge in [0.1, 0.15) is 49.3 Å². The minimum Gasteiger partial charge on any atom is -0.469 e. The van der Waals surface area contributed by atoms with Crippen molar-refractivity contribution in [2.24, 2.45) is 0 Å². The number of Topliss-reactive ketones (excluding diaryl/α,β-unsaturated/α-hetero) is 1. The van der Waals surface area contributed by atoms with Gasteiger partial charge in [-0.15, -0.1) is 11.6 Å². The fourth-order valence-corrected chi connectivity index (χ4v) is 7.20. The zero-order chi connectivity index (χ0) is 43.9. The van der Waals surface area contributed by atoms with Gasteiger partial charge in [0.2, 0.25) is 11.5 Å². The molecule has 4 N–H and O–H groups in total.